The van der Waals surface area contributed by atoms with Crippen LogP contribution >= 0.6 is 0 Å². The average Bonchev–Trinajstić information content (AvgIpc) is 3.29. The monoisotopic (exact) mass is 637 g/mol. The van der Waals surface area contributed by atoms with E-state index in [4.69, 9.17) is 9.47 Å². The third-order valence-electron chi connectivity index (χ3n) is 11.2. The number of ether oxygens (including phenoxy) is 2. The first-order valence-electron chi connectivity index (χ1n) is 15.9. The minimum atomic E-state index is -1.79. The number of hydrogen-bond acceptors (Lipinski definition) is 10. The van der Waals surface area contributed by atoms with E-state index in [1.54, 1.807) is 24.3 Å². The number of amides is 1. The Morgan fingerprint density at radius 2 is 1.80 bits per heavy atom. The first-order valence-corrected chi connectivity index (χ1v) is 15.9. The summed E-state index contributed by atoms with van der Waals surface area (Å²) in [5.74, 6) is -2.83. The molecule has 3 fully saturated rings. The van der Waals surface area contributed by atoms with E-state index in [0.717, 1.165) is 12.0 Å². The minimum Gasteiger partial charge on any atom is -0.508 e. The zero-order chi connectivity index (χ0) is 33.4. The van der Waals surface area contributed by atoms with Crippen LogP contribution in [0.15, 0.2) is 48.1 Å². The lowest BCUT2D eigenvalue weighted by atomic mass is 9.46. The van der Waals surface area contributed by atoms with Crippen molar-refractivity contribution in [2.75, 3.05) is 13.7 Å². The molecule has 4 N–H and O–H groups in total. The standard InChI is InChI=1S/C35H43NO10/c1-33-14-12-23(38)17-21(33)6-9-24-25-13-15-35(44,34(25,2)18-27(39)31(24)33)28(40)19-46-30(42)11-10-29(41)36-26(32(43)45-3)16-20-4-7-22(37)8-5-20/h4-5,7-8,12,14,17,24-27,31,37,39,44H,6,9-11,13,15-16,18-19H2,1-3H3,(H,36,41)/t24-,25+,26-,27+,31-,33-,34-,35+/m0/s1. The zero-order valence-electron chi connectivity index (χ0n) is 26.5. The van der Waals surface area contributed by atoms with Gasteiger partial charge in [-0.3, -0.25) is 19.2 Å². The number of benzene rings is 1. The molecule has 0 heterocycles. The van der Waals surface area contributed by atoms with E-state index >= 15 is 0 Å². The summed E-state index contributed by atoms with van der Waals surface area (Å²) in [6, 6.07) is 5.12. The number of aliphatic hydroxyl groups excluding tert-OH is 1. The molecule has 0 bridgehead atoms. The number of nitrogens with one attached hydrogen (secondary N) is 1. The molecule has 0 aliphatic heterocycles. The molecule has 1 aromatic rings. The number of methoxy groups -OCH3 is 1. The number of esters is 2. The molecular formula is C35H43NO10. The molecule has 46 heavy (non-hydrogen) atoms. The molecule has 5 rings (SSSR count). The van der Waals surface area contributed by atoms with Crippen molar-refractivity contribution in [1.29, 1.82) is 0 Å². The van der Waals surface area contributed by atoms with Gasteiger partial charge in [0.2, 0.25) is 11.7 Å². The van der Waals surface area contributed by atoms with Gasteiger partial charge in [0.1, 0.15) is 17.4 Å². The number of hydrogen-bond donors (Lipinski definition) is 4. The van der Waals surface area contributed by atoms with E-state index in [9.17, 15) is 39.3 Å². The minimum absolute atomic E-state index is 0.0389. The van der Waals surface area contributed by atoms with Gasteiger partial charge in [0.15, 0.2) is 12.4 Å². The maximum absolute atomic E-state index is 13.5. The second-order valence-electron chi connectivity index (χ2n) is 13.7. The van der Waals surface area contributed by atoms with Crippen LogP contribution in [0.3, 0.4) is 0 Å². The summed E-state index contributed by atoms with van der Waals surface area (Å²) in [6.07, 6.45) is 6.24. The first-order chi connectivity index (χ1) is 21.7. The Labute approximate surface area is 268 Å². The Morgan fingerprint density at radius 1 is 1.09 bits per heavy atom. The van der Waals surface area contributed by atoms with Crippen LogP contribution in [0.1, 0.15) is 64.4 Å². The topological polar surface area (TPSA) is 177 Å². The van der Waals surface area contributed by atoms with Gasteiger partial charge in [-0.15, -0.1) is 0 Å². The summed E-state index contributed by atoms with van der Waals surface area (Å²) in [7, 11) is 1.19. The van der Waals surface area contributed by atoms with Crippen molar-refractivity contribution in [3.8, 4) is 5.75 Å². The number of Topliss-reactive ketones (excluding diaryl/α,β-unsaturated/α-hetero) is 1. The number of rotatable bonds is 10. The zero-order valence-corrected chi connectivity index (χ0v) is 26.5. The lowest BCUT2D eigenvalue weighted by Gasteiger charge is -2.59. The Balaban J connectivity index is 1.16. The first kappa shape index (κ1) is 33.5. The summed E-state index contributed by atoms with van der Waals surface area (Å²) in [5.41, 5.74) is -1.49. The molecule has 0 saturated heterocycles. The van der Waals surface area contributed by atoms with Crippen LogP contribution < -0.4 is 5.32 Å². The van der Waals surface area contributed by atoms with Gasteiger partial charge in [0.05, 0.1) is 19.6 Å². The Kier molecular flexibility index (Phi) is 9.30. The number of allylic oxidation sites excluding steroid dienone is 4. The molecule has 0 aromatic heterocycles. The molecule has 0 radical (unpaired) electrons. The van der Waals surface area contributed by atoms with E-state index in [-0.39, 0.29) is 61.4 Å². The van der Waals surface area contributed by atoms with Crippen molar-refractivity contribution in [2.45, 2.75) is 83.0 Å². The smallest absolute Gasteiger partial charge is 0.328 e. The van der Waals surface area contributed by atoms with E-state index in [1.807, 2.05) is 13.0 Å². The van der Waals surface area contributed by atoms with Gasteiger partial charge in [-0.2, -0.15) is 0 Å². The lowest BCUT2D eigenvalue weighted by Crippen LogP contribution is -2.61. The van der Waals surface area contributed by atoms with E-state index in [0.29, 0.717) is 18.4 Å². The maximum Gasteiger partial charge on any atom is 0.328 e. The molecule has 1 aromatic carbocycles. The molecule has 0 unspecified atom stereocenters. The number of fused-ring (bicyclic) bond motifs is 5. The largest absolute Gasteiger partial charge is 0.508 e. The van der Waals surface area contributed by atoms with Gasteiger partial charge in [-0.05, 0) is 73.8 Å². The number of ketones is 2. The van der Waals surface area contributed by atoms with Gasteiger partial charge in [-0.25, -0.2) is 4.79 Å². The number of phenolic OH excluding ortho intramolecular Hbond substituents is 1. The second kappa shape index (κ2) is 12.8. The van der Waals surface area contributed by atoms with Gasteiger partial charge in [0.25, 0.3) is 0 Å². The number of aromatic hydroxyl groups is 1. The van der Waals surface area contributed by atoms with Gasteiger partial charge < -0.3 is 30.1 Å². The molecule has 3 saturated carbocycles. The lowest BCUT2D eigenvalue weighted by molar-refractivity contribution is -0.181. The highest BCUT2D eigenvalue weighted by Gasteiger charge is 2.68. The molecule has 1 amide bonds. The Bertz CT molecular complexity index is 1470. The summed E-state index contributed by atoms with van der Waals surface area (Å²) in [6.45, 7) is 3.24. The molecule has 11 nitrogen and oxygen atoms in total. The van der Waals surface area contributed by atoms with Crippen LogP contribution in [-0.2, 0) is 39.9 Å². The van der Waals surface area contributed by atoms with Crippen molar-refractivity contribution >= 4 is 29.4 Å². The van der Waals surface area contributed by atoms with Gasteiger partial charge in [-0.1, -0.05) is 37.6 Å². The van der Waals surface area contributed by atoms with Gasteiger partial charge in [0, 0.05) is 29.6 Å². The second-order valence-corrected chi connectivity index (χ2v) is 13.7. The summed E-state index contributed by atoms with van der Waals surface area (Å²) in [5, 5.41) is 35.4. The summed E-state index contributed by atoms with van der Waals surface area (Å²) >= 11 is 0. The van der Waals surface area contributed by atoms with Crippen LogP contribution in [0, 0.1) is 28.6 Å². The maximum atomic E-state index is 13.5. The highest BCUT2D eigenvalue weighted by atomic mass is 16.5. The normalized spacial score (nSPS) is 33.5. The van der Waals surface area contributed by atoms with Gasteiger partial charge >= 0.3 is 11.9 Å². The van der Waals surface area contributed by atoms with E-state index in [1.165, 1.54) is 19.2 Å². The quantitative estimate of drug-likeness (QED) is 0.279. The number of carbonyl (C=O) groups is 5. The van der Waals surface area contributed by atoms with Crippen LogP contribution in [0.2, 0.25) is 0 Å². The van der Waals surface area contributed by atoms with E-state index in [2.05, 4.69) is 12.2 Å². The van der Waals surface area contributed by atoms with Crippen molar-refractivity contribution in [1.82, 2.24) is 5.32 Å². The molecule has 4 aliphatic rings. The fourth-order valence-electron chi connectivity index (χ4n) is 8.81. The van der Waals surface area contributed by atoms with Crippen molar-refractivity contribution in [2.24, 2.45) is 28.6 Å². The van der Waals surface area contributed by atoms with Crippen LogP contribution in [0.25, 0.3) is 0 Å². The van der Waals surface area contributed by atoms with Crippen LogP contribution in [0.4, 0.5) is 0 Å². The summed E-state index contributed by atoms with van der Waals surface area (Å²) < 4.78 is 10.00. The number of aliphatic hydroxyl groups is 2. The Morgan fingerprint density at radius 3 is 2.50 bits per heavy atom. The van der Waals surface area contributed by atoms with Crippen LogP contribution in [-0.4, -0.2) is 76.2 Å². The van der Waals surface area contributed by atoms with E-state index < -0.39 is 58.8 Å². The number of carbonyl (C=O) groups excluding carboxylic acids is 5. The average molecular weight is 638 g/mol. The SMILES string of the molecule is COC(=O)[C@H](Cc1ccc(O)cc1)NC(=O)CCC(=O)OCC(=O)[C@]1(O)CC[C@@H]2[C@@H]3CCC4=CC(=O)C=C[C@]4(C)[C@@H]3[C@H](O)C[C@@]21C. The molecule has 4 aliphatic carbocycles. The van der Waals surface area contributed by atoms with Crippen molar-refractivity contribution in [3.05, 3.63) is 53.6 Å². The molecule has 8 atom stereocenters. The predicted octanol–water partition coefficient (Wildman–Crippen LogP) is 2.49. The predicted molar refractivity (Wildman–Crippen MR) is 164 cm³/mol. The van der Waals surface area contributed by atoms with Crippen LogP contribution in [0.5, 0.6) is 5.75 Å². The third-order valence-corrected chi connectivity index (χ3v) is 11.2. The highest BCUT2D eigenvalue weighted by Crippen LogP contribution is 2.67. The fraction of sp³-hybridized carbons (Fsp3) is 0.571. The third kappa shape index (κ3) is 6.02. The van der Waals surface area contributed by atoms with Crippen molar-refractivity contribution in [3.63, 3.8) is 0 Å². The van der Waals surface area contributed by atoms with Crippen molar-refractivity contribution < 1.29 is 48.8 Å². The fourth-order valence-corrected chi connectivity index (χ4v) is 8.81. The summed E-state index contributed by atoms with van der Waals surface area (Å²) in [4.78, 5) is 62.9. The highest BCUT2D eigenvalue weighted by molar-refractivity contribution is 6.01. The Hall–Kier alpha value is -3.83. The molecule has 11 heteroatoms. The molecule has 0 spiro atoms. The molecular weight excluding hydrogens is 594 g/mol. The molecule has 248 valence electrons. The number of phenols is 1.